The maximum absolute atomic E-state index is 6.42. The molecule has 0 saturated carbocycles. The third-order valence-corrected chi connectivity index (χ3v) is 11.3. The van der Waals surface area contributed by atoms with E-state index in [9.17, 15) is 0 Å². The van der Waals surface area contributed by atoms with Crippen molar-refractivity contribution in [1.29, 1.82) is 0 Å². The van der Waals surface area contributed by atoms with Crippen LogP contribution in [0.1, 0.15) is 0 Å². The van der Waals surface area contributed by atoms with E-state index in [0.29, 0.717) is 0 Å². The van der Waals surface area contributed by atoms with Gasteiger partial charge in [-0.2, -0.15) is 0 Å². The molecule has 11 aromatic rings. The third-order valence-electron chi connectivity index (χ3n) is 11.3. The zero-order valence-electron chi connectivity index (χ0n) is 30.6. The molecule has 0 amide bonds. The average molecular weight is 714 g/mol. The number of fused-ring (bicyclic) bond motifs is 9. The molecule has 262 valence electrons. The van der Waals surface area contributed by atoms with Crippen LogP contribution >= 0.6 is 0 Å². The van der Waals surface area contributed by atoms with Crippen LogP contribution in [-0.4, -0.2) is 0 Å². The predicted octanol–water partition coefficient (Wildman–Crippen LogP) is 15.5. The monoisotopic (exact) mass is 713 g/mol. The lowest BCUT2D eigenvalue weighted by Gasteiger charge is -2.28. The topological polar surface area (TPSA) is 16.4 Å². The molecule has 1 heterocycles. The molecule has 0 aliphatic rings. The van der Waals surface area contributed by atoms with E-state index < -0.39 is 0 Å². The van der Waals surface area contributed by atoms with Gasteiger partial charge in [-0.3, -0.25) is 0 Å². The lowest BCUT2D eigenvalue weighted by atomic mass is 9.92. The summed E-state index contributed by atoms with van der Waals surface area (Å²) in [6.07, 6.45) is 0. The standard InChI is InChI=1S/C54H35NO/c1-2-13-37(14-3-1)42-15-8-10-23-52(42)55(41-32-27-38(28-33-41)43-21-12-22-50-49-20-9-11-24-53(49)56-54(43)50)40-30-25-36(26-31-40)39-29-34-48-46-18-5-4-16-44(46)45-17-6-7-19-47(45)51(48)35-39/h1-35H. The summed E-state index contributed by atoms with van der Waals surface area (Å²) < 4.78 is 6.42. The predicted molar refractivity (Wildman–Crippen MR) is 237 cm³/mol. The van der Waals surface area contributed by atoms with Gasteiger partial charge in [-0.05, 0) is 97.0 Å². The van der Waals surface area contributed by atoms with Gasteiger partial charge in [0.15, 0.2) is 0 Å². The Labute approximate surface area is 325 Å². The van der Waals surface area contributed by atoms with Gasteiger partial charge in [0, 0.05) is 33.3 Å². The SMILES string of the molecule is c1ccc(-c2ccccc2N(c2ccc(-c3ccc4c5ccccc5c5ccccc5c4c3)cc2)c2ccc(-c3cccc4c3oc3ccccc34)cc2)cc1. The first-order chi connectivity index (χ1) is 27.8. The van der Waals surface area contributed by atoms with E-state index in [1.54, 1.807) is 0 Å². The lowest BCUT2D eigenvalue weighted by Crippen LogP contribution is -2.11. The normalized spacial score (nSPS) is 11.6. The van der Waals surface area contributed by atoms with Crippen molar-refractivity contribution in [3.05, 3.63) is 212 Å². The molecular weight excluding hydrogens is 679 g/mol. The van der Waals surface area contributed by atoms with Gasteiger partial charge in [0.25, 0.3) is 0 Å². The van der Waals surface area contributed by atoms with Crippen molar-refractivity contribution in [2.45, 2.75) is 0 Å². The Morgan fingerprint density at radius 1 is 0.286 bits per heavy atom. The Bertz CT molecular complexity index is 3200. The summed E-state index contributed by atoms with van der Waals surface area (Å²) in [6.45, 7) is 0. The molecule has 0 saturated heterocycles. The van der Waals surface area contributed by atoms with Gasteiger partial charge in [0.2, 0.25) is 0 Å². The van der Waals surface area contributed by atoms with E-state index in [-0.39, 0.29) is 0 Å². The summed E-state index contributed by atoms with van der Waals surface area (Å²) in [4.78, 5) is 2.37. The van der Waals surface area contributed by atoms with Crippen LogP contribution in [0.4, 0.5) is 17.1 Å². The molecule has 11 rings (SSSR count). The molecule has 0 aliphatic carbocycles. The van der Waals surface area contributed by atoms with Crippen LogP contribution < -0.4 is 4.90 Å². The van der Waals surface area contributed by atoms with Crippen LogP contribution in [0.25, 0.3) is 87.6 Å². The van der Waals surface area contributed by atoms with Gasteiger partial charge in [-0.15, -0.1) is 0 Å². The Hall–Kier alpha value is -7.42. The molecule has 56 heavy (non-hydrogen) atoms. The second-order valence-corrected chi connectivity index (χ2v) is 14.4. The quantitative estimate of drug-likeness (QED) is 0.160. The maximum atomic E-state index is 6.42. The first-order valence-electron chi connectivity index (χ1n) is 19.2. The summed E-state index contributed by atoms with van der Waals surface area (Å²) in [6, 6.07) is 76.4. The average Bonchev–Trinajstić information content (AvgIpc) is 3.67. The van der Waals surface area contributed by atoms with E-state index in [1.807, 2.05) is 12.1 Å². The summed E-state index contributed by atoms with van der Waals surface area (Å²) in [5.74, 6) is 0. The number of para-hydroxylation sites is 3. The maximum Gasteiger partial charge on any atom is 0.143 e. The fourth-order valence-electron chi connectivity index (χ4n) is 8.61. The Morgan fingerprint density at radius 3 is 1.46 bits per heavy atom. The van der Waals surface area contributed by atoms with E-state index in [4.69, 9.17) is 4.42 Å². The van der Waals surface area contributed by atoms with Gasteiger partial charge in [-0.1, -0.05) is 170 Å². The smallest absolute Gasteiger partial charge is 0.143 e. The van der Waals surface area contributed by atoms with Crippen molar-refractivity contribution in [3.8, 4) is 33.4 Å². The van der Waals surface area contributed by atoms with Crippen LogP contribution in [-0.2, 0) is 0 Å². The Kier molecular flexibility index (Phi) is 7.53. The number of hydrogen-bond acceptors (Lipinski definition) is 2. The zero-order chi connectivity index (χ0) is 37.0. The fourth-order valence-corrected chi connectivity index (χ4v) is 8.61. The second-order valence-electron chi connectivity index (χ2n) is 14.4. The highest BCUT2D eigenvalue weighted by molar-refractivity contribution is 6.25. The third kappa shape index (κ3) is 5.26. The van der Waals surface area contributed by atoms with Crippen LogP contribution in [0, 0.1) is 0 Å². The highest BCUT2D eigenvalue weighted by atomic mass is 16.3. The van der Waals surface area contributed by atoms with E-state index in [1.165, 1.54) is 54.6 Å². The molecule has 0 unspecified atom stereocenters. The molecular formula is C54H35NO. The van der Waals surface area contributed by atoms with Gasteiger partial charge >= 0.3 is 0 Å². The number of nitrogens with zero attached hydrogens (tertiary/aromatic N) is 1. The highest BCUT2D eigenvalue weighted by Crippen LogP contribution is 2.43. The van der Waals surface area contributed by atoms with Crippen molar-refractivity contribution in [2.24, 2.45) is 0 Å². The number of anilines is 3. The van der Waals surface area contributed by atoms with Gasteiger partial charge in [-0.25, -0.2) is 0 Å². The molecule has 1 aromatic heterocycles. The van der Waals surface area contributed by atoms with Gasteiger partial charge in [0.05, 0.1) is 5.69 Å². The lowest BCUT2D eigenvalue weighted by molar-refractivity contribution is 0.670. The van der Waals surface area contributed by atoms with Crippen molar-refractivity contribution < 1.29 is 4.42 Å². The van der Waals surface area contributed by atoms with Crippen LogP contribution in [0.2, 0.25) is 0 Å². The van der Waals surface area contributed by atoms with Crippen molar-refractivity contribution in [3.63, 3.8) is 0 Å². The molecule has 0 bridgehead atoms. The van der Waals surface area contributed by atoms with E-state index in [2.05, 4.69) is 205 Å². The minimum absolute atomic E-state index is 0.907. The van der Waals surface area contributed by atoms with E-state index >= 15 is 0 Å². The van der Waals surface area contributed by atoms with Crippen molar-refractivity contribution in [2.75, 3.05) is 4.90 Å². The molecule has 0 atom stereocenters. The minimum atomic E-state index is 0.907. The minimum Gasteiger partial charge on any atom is -0.455 e. The van der Waals surface area contributed by atoms with Gasteiger partial charge < -0.3 is 9.32 Å². The molecule has 0 spiro atoms. The fraction of sp³-hybridized carbons (Fsp3) is 0. The first kappa shape index (κ1) is 32.0. The summed E-state index contributed by atoms with van der Waals surface area (Å²) >= 11 is 0. The largest absolute Gasteiger partial charge is 0.455 e. The van der Waals surface area contributed by atoms with Crippen molar-refractivity contribution >= 4 is 71.3 Å². The molecule has 2 nitrogen and oxygen atoms in total. The van der Waals surface area contributed by atoms with Crippen molar-refractivity contribution in [1.82, 2.24) is 0 Å². The number of hydrogen-bond donors (Lipinski definition) is 0. The Morgan fingerprint density at radius 2 is 0.768 bits per heavy atom. The van der Waals surface area contributed by atoms with Crippen LogP contribution in [0.15, 0.2) is 217 Å². The van der Waals surface area contributed by atoms with Gasteiger partial charge in [0.1, 0.15) is 11.2 Å². The summed E-state index contributed by atoms with van der Waals surface area (Å²) in [7, 11) is 0. The van der Waals surface area contributed by atoms with E-state index in [0.717, 1.165) is 50.1 Å². The number of furan rings is 1. The molecule has 2 heteroatoms. The van der Waals surface area contributed by atoms with Crippen LogP contribution in [0.5, 0.6) is 0 Å². The second kappa shape index (κ2) is 13.2. The first-order valence-corrected chi connectivity index (χ1v) is 19.2. The van der Waals surface area contributed by atoms with Crippen LogP contribution in [0.3, 0.4) is 0 Å². The zero-order valence-corrected chi connectivity index (χ0v) is 30.6. The summed E-state index contributed by atoms with van der Waals surface area (Å²) in [5, 5.41) is 9.98. The molecule has 0 aliphatic heterocycles. The molecule has 10 aromatic carbocycles. The molecule has 0 N–H and O–H groups in total. The number of benzene rings is 10. The Balaban J connectivity index is 1.03. The number of rotatable bonds is 6. The molecule has 0 fully saturated rings. The highest BCUT2D eigenvalue weighted by Gasteiger charge is 2.19. The summed E-state index contributed by atoms with van der Waals surface area (Å²) in [5.41, 5.74) is 12.0. The molecule has 0 radical (unpaired) electrons.